The molecule has 0 aromatic heterocycles. The van der Waals surface area contributed by atoms with Gasteiger partial charge in [0, 0.05) is 23.0 Å². The number of hydrogen-bond donors (Lipinski definition) is 1. The summed E-state index contributed by atoms with van der Waals surface area (Å²) in [4.78, 5) is 0. The van der Waals surface area contributed by atoms with Gasteiger partial charge < -0.3 is 5.32 Å². The van der Waals surface area contributed by atoms with E-state index < -0.39 is 9.84 Å². The van der Waals surface area contributed by atoms with Gasteiger partial charge in [-0.1, -0.05) is 41.9 Å². The smallest absolute Gasteiger partial charge is 0.150 e. The highest BCUT2D eigenvalue weighted by Crippen LogP contribution is 2.34. The van der Waals surface area contributed by atoms with E-state index in [0.29, 0.717) is 17.5 Å². The molecule has 0 bridgehead atoms. The number of rotatable bonds is 5. The Morgan fingerprint density at radius 1 is 1.40 bits per heavy atom. The second kappa shape index (κ2) is 6.58. The molecule has 2 rings (SSSR count). The zero-order valence-corrected chi connectivity index (χ0v) is 14.4. The normalized spacial score (nSPS) is 23.1. The molecule has 1 N–H and O–H groups in total. The number of benzene rings is 1. The van der Waals surface area contributed by atoms with E-state index in [1.807, 2.05) is 12.1 Å². The van der Waals surface area contributed by atoms with E-state index in [1.165, 1.54) is 5.56 Å². The zero-order valence-electron chi connectivity index (χ0n) is 12.0. The van der Waals surface area contributed by atoms with Crippen LogP contribution < -0.4 is 5.32 Å². The van der Waals surface area contributed by atoms with Crippen molar-refractivity contribution in [3.05, 3.63) is 34.3 Å². The number of sulfone groups is 1. The summed E-state index contributed by atoms with van der Waals surface area (Å²) < 4.78 is 24.6. The van der Waals surface area contributed by atoms with Gasteiger partial charge in [-0.05, 0) is 30.0 Å². The monoisotopic (exact) mass is 359 g/mol. The highest BCUT2D eigenvalue weighted by atomic mass is 79.9. The Morgan fingerprint density at radius 3 is 2.70 bits per heavy atom. The molecular formula is C15H22BrNO2S. The van der Waals surface area contributed by atoms with Crippen LogP contribution in [0.25, 0.3) is 0 Å². The minimum absolute atomic E-state index is 0.223. The topological polar surface area (TPSA) is 46.2 Å². The Hall–Kier alpha value is -0.390. The van der Waals surface area contributed by atoms with Gasteiger partial charge in [0.15, 0.2) is 9.84 Å². The molecule has 1 aliphatic rings. The summed E-state index contributed by atoms with van der Waals surface area (Å²) in [7, 11) is -2.84. The maximum atomic E-state index is 11.8. The van der Waals surface area contributed by atoms with Crippen LogP contribution in [-0.2, 0) is 9.84 Å². The predicted octanol–water partition coefficient (Wildman–Crippen LogP) is 2.97. The Labute approximate surface area is 130 Å². The van der Waals surface area contributed by atoms with Crippen LogP contribution in [0, 0.1) is 5.92 Å². The Morgan fingerprint density at radius 2 is 2.15 bits per heavy atom. The first-order valence-electron chi connectivity index (χ1n) is 7.06. The summed E-state index contributed by atoms with van der Waals surface area (Å²) in [6, 6.07) is 8.63. The molecule has 0 saturated carbocycles. The third-order valence-corrected chi connectivity index (χ3v) is 6.15. The second-order valence-corrected chi connectivity index (χ2v) is 9.03. The molecule has 0 spiro atoms. The molecule has 1 aromatic rings. The van der Waals surface area contributed by atoms with Gasteiger partial charge in [0.2, 0.25) is 0 Å². The molecule has 1 aliphatic heterocycles. The molecule has 1 saturated heterocycles. The summed E-state index contributed by atoms with van der Waals surface area (Å²) in [5, 5.41) is 3.46. The summed E-state index contributed by atoms with van der Waals surface area (Å²) >= 11 is 3.50. The Bertz CT molecular complexity index is 557. The standard InChI is InChI=1S/C15H22BrNO2S/c1-11(2)17-9-15(12-4-3-5-14(16)8-12)13-6-7-20(18,19)10-13/h3-5,8,11,13,15,17H,6-7,9-10H2,1-2H3. The Kier molecular flexibility index (Phi) is 5.26. The number of halogens is 1. The first kappa shape index (κ1) is 16.0. The van der Waals surface area contributed by atoms with Crippen LogP contribution in [0.5, 0.6) is 0 Å². The molecule has 0 amide bonds. The minimum atomic E-state index is -2.84. The van der Waals surface area contributed by atoms with Gasteiger partial charge in [-0.3, -0.25) is 0 Å². The van der Waals surface area contributed by atoms with Crippen LogP contribution in [0.4, 0.5) is 0 Å². The van der Waals surface area contributed by atoms with Crippen molar-refractivity contribution in [2.24, 2.45) is 5.92 Å². The average molecular weight is 360 g/mol. The minimum Gasteiger partial charge on any atom is -0.314 e. The van der Waals surface area contributed by atoms with Gasteiger partial charge in [0.05, 0.1) is 11.5 Å². The molecule has 1 fully saturated rings. The lowest BCUT2D eigenvalue weighted by molar-refractivity contribution is 0.422. The lowest BCUT2D eigenvalue weighted by Crippen LogP contribution is -2.31. The third kappa shape index (κ3) is 4.30. The highest BCUT2D eigenvalue weighted by molar-refractivity contribution is 9.10. The molecule has 112 valence electrons. The van der Waals surface area contributed by atoms with Gasteiger partial charge in [-0.2, -0.15) is 0 Å². The molecule has 3 nitrogen and oxygen atoms in total. The van der Waals surface area contributed by atoms with Crippen LogP contribution in [0.3, 0.4) is 0 Å². The van der Waals surface area contributed by atoms with Crippen molar-refractivity contribution in [1.29, 1.82) is 0 Å². The first-order valence-corrected chi connectivity index (χ1v) is 9.68. The lowest BCUT2D eigenvalue weighted by atomic mass is 9.85. The third-order valence-electron chi connectivity index (χ3n) is 3.86. The molecular weight excluding hydrogens is 338 g/mol. The second-order valence-electron chi connectivity index (χ2n) is 5.89. The van der Waals surface area contributed by atoms with Gasteiger partial charge in [-0.25, -0.2) is 8.42 Å². The van der Waals surface area contributed by atoms with Crippen LogP contribution in [0.1, 0.15) is 31.7 Å². The zero-order chi connectivity index (χ0) is 14.8. The maximum absolute atomic E-state index is 11.8. The molecule has 20 heavy (non-hydrogen) atoms. The van der Waals surface area contributed by atoms with E-state index in [0.717, 1.165) is 17.4 Å². The van der Waals surface area contributed by atoms with Crippen LogP contribution in [-0.4, -0.2) is 32.5 Å². The molecule has 1 heterocycles. The maximum Gasteiger partial charge on any atom is 0.150 e. The van der Waals surface area contributed by atoms with E-state index in [-0.39, 0.29) is 11.8 Å². The van der Waals surface area contributed by atoms with Gasteiger partial charge >= 0.3 is 0 Å². The lowest BCUT2D eigenvalue weighted by Gasteiger charge is -2.25. The quantitative estimate of drug-likeness (QED) is 0.878. The predicted molar refractivity (Wildman–Crippen MR) is 86.8 cm³/mol. The van der Waals surface area contributed by atoms with Gasteiger partial charge in [0.25, 0.3) is 0 Å². The SMILES string of the molecule is CC(C)NCC(c1cccc(Br)c1)C1CCS(=O)(=O)C1. The van der Waals surface area contributed by atoms with E-state index in [4.69, 9.17) is 0 Å². The van der Waals surface area contributed by atoms with Gasteiger partial charge in [-0.15, -0.1) is 0 Å². The van der Waals surface area contributed by atoms with Crippen molar-refractivity contribution in [1.82, 2.24) is 5.32 Å². The largest absolute Gasteiger partial charge is 0.314 e. The number of hydrogen-bond acceptors (Lipinski definition) is 3. The van der Waals surface area contributed by atoms with Crippen LogP contribution >= 0.6 is 15.9 Å². The van der Waals surface area contributed by atoms with Crippen molar-refractivity contribution < 1.29 is 8.42 Å². The first-order chi connectivity index (χ1) is 9.37. The van der Waals surface area contributed by atoms with E-state index in [9.17, 15) is 8.42 Å². The molecule has 0 radical (unpaired) electrons. The molecule has 5 heteroatoms. The highest BCUT2D eigenvalue weighted by Gasteiger charge is 2.34. The van der Waals surface area contributed by atoms with Crippen LogP contribution in [0.15, 0.2) is 28.7 Å². The van der Waals surface area contributed by atoms with Crippen molar-refractivity contribution in [2.75, 3.05) is 18.1 Å². The van der Waals surface area contributed by atoms with E-state index in [2.05, 4.69) is 47.2 Å². The number of nitrogens with one attached hydrogen (secondary N) is 1. The molecule has 1 aromatic carbocycles. The summed E-state index contributed by atoms with van der Waals surface area (Å²) in [6.07, 6.45) is 0.777. The van der Waals surface area contributed by atoms with Crippen molar-refractivity contribution in [3.8, 4) is 0 Å². The fourth-order valence-electron chi connectivity index (χ4n) is 2.80. The van der Waals surface area contributed by atoms with Crippen LogP contribution in [0.2, 0.25) is 0 Å². The molecule has 2 atom stereocenters. The fourth-order valence-corrected chi connectivity index (χ4v) is 5.09. The summed E-state index contributed by atoms with van der Waals surface area (Å²) in [5.41, 5.74) is 1.22. The van der Waals surface area contributed by atoms with E-state index >= 15 is 0 Å². The summed E-state index contributed by atoms with van der Waals surface area (Å²) in [5.74, 6) is 1.14. The van der Waals surface area contributed by atoms with Gasteiger partial charge in [0.1, 0.15) is 0 Å². The Balaban J connectivity index is 2.21. The van der Waals surface area contributed by atoms with Crippen molar-refractivity contribution >= 4 is 25.8 Å². The summed E-state index contributed by atoms with van der Waals surface area (Å²) in [6.45, 7) is 5.06. The average Bonchev–Trinajstić information content (AvgIpc) is 2.69. The fraction of sp³-hybridized carbons (Fsp3) is 0.600. The molecule has 2 unspecified atom stereocenters. The van der Waals surface area contributed by atoms with E-state index in [1.54, 1.807) is 0 Å². The van der Waals surface area contributed by atoms with Crippen molar-refractivity contribution in [3.63, 3.8) is 0 Å². The van der Waals surface area contributed by atoms with Crippen molar-refractivity contribution in [2.45, 2.75) is 32.2 Å². The molecule has 0 aliphatic carbocycles.